The maximum absolute atomic E-state index is 12.8. The quantitative estimate of drug-likeness (QED) is 0.498. The van der Waals surface area contributed by atoms with Crippen LogP contribution in [0.5, 0.6) is 0 Å². The van der Waals surface area contributed by atoms with Crippen molar-refractivity contribution >= 4 is 17.4 Å². The molecule has 2 aromatic heterocycles. The molecule has 1 amide bonds. The molecule has 29 heavy (non-hydrogen) atoms. The lowest BCUT2D eigenvalue weighted by molar-refractivity contribution is -0.392. The van der Waals surface area contributed by atoms with Gasteiger partial charge < -0.3 is 15.4 Å². The summed E-state index contributed by atoms with van der Waals surface area (Å²) in [4.78, 5) is 22.5. The van der Waals surface area contributed by atoms with Crippen LogP contribution in [-0.4, -0.2) is 30.4 Å². The summed E-state index contributed by atoms with van der Waals surface area (Å²) >= 11 is 0. The van der Waals surface area contributed by atoms with E-state index in [-0.39, 0.29) is 18.9 Å². The third kappa shape index (κ3) is 4.97. The van der Waals surface area contributed by atoms with Crippen LogP contribution in [0.3, 0.4) is 0 Å². The molecule has 1 aromatic carbocycles. The van der Waals surface area contributed by atoms with Crippen molar-refractivity contribution in [2.45, 2.75) is 26.2 Å². The number of benzene rings is 1. The molecule has 0 saturated heterocycles. The van der Waals surface area contributed by atoms with Gasteiger partial charge in [0.05, 0.1) is 35.8 Å². The van der Waals surface area contributed by atoms with E-state index in [0.717, 1.165) is 16.8 Å². The molecule has 0 radical (unpaired) electrons. The minimum Gasteiger partial charge on any atom is -0.358 e. The Bertz CT molecular complexity index is 1060. The van der Waals surface area contributed by atoms with E-state index >= 15 is 0 Å². The molecule has 0 aliphatic rings. The number of aryl methyl sites for hydroxylation is 1. The van der Waals surface area contributed by atoms with Crippen LogP contribution in [0.25, 0.3) is 0 Å². The average Bonchev–Trinajstić information content (AvgIpc) is 3.20. The van der Waals surface area contributed by atoms with E-state index in [1.807, 2.05) is 0 Å². The molecular weight excluding hydrogens is 393 g/mol. The van der Waals surface area contributed by atoms with Gasteiger partial charge in [-0.25, -0.2) is 0 Å². The van der Waals surface area contributed by atoms with Gasteiger partial charge in [0, 0.05) is 6.20 Å². The van der Waals surface area contributed by atoms with E-state index in [1.54, 1.807) is 6.92 Å². The van der Waals surface area contributed by atoms with Gasteiger partial charge in [-0.05, 0) is 29.5 Å². The number of anilines is 1. The zero-order valence-corrected chi connectivity index (χ0v) is 15.1. The fourth-order valence-corrected chi connectivity index (χ4v) is 2.68. The van der Waals surface area contributed by atoms with Crippen LogP contribution in [0.1, 0.15) is 16.8 Å². The van der Waals surface area contributed by atoms with Gasteiger partial charge in [0.2, 0.25) is 0 Å². The van der Waals surface area contributed by atoms with E-state index in [1.165, 1.54) is 35.3 Å². The number of alkyl halides is 3. The number of nitro groups is 1. The predicted octanol–water partition coefficient (Wildman–Crippen LogP) is 3.00. The summed E-state index contributed by atoms with van der Waals surface area (Å²) in [6.07, 6.45) is -1.66. The topological polar surface area (TPSA) is 108 Å². The molecule has 0 aliphatic heterocycles. The molecular formula is C17H15F3N6O3. The van der Waals surface area contributed by atoms with Crippen LogP contribution in [-0.2, 0) is 24.1 Å². The number of hydrogen-bond acceptors (Lipinski definition) is 5. The minimum atomic E-state index is -4.44. The van der Waals surface area contributed by atoms with Gasteiger partial charge in [-0.1, -0.05) is 17.2 Å². The first kappa shape index (κ1) is 20.0. The first-order valence-electron chi connectivity index (χ1n) is 8.29. The summed E-state index contributed by atoms with van der Waals surface area (Å²) in [6.45, 7) is 1.27. The Morgan fingerprint density at radius 1 is 1.31 bits per heavy atom. The molecule has 0 spiro atoms. The zero-order chi connectivity index (χ0) is 21.2. The molecule has 3 rings (SSSR count). The lowest BCUT2D eigenvalue weighted by Crippen LogP contribution is -2.20. The summed E-state index contributed by atoms with van der Waals surface area (Å²) in [5.74, 6) is -0.868. The Kier molecular flexibility index (Phi) is 5.35. The molecule has 0 aliphatic carbocycles. The molecule has 0 bridgehead atoms. The summed E-state index contributed by atoms with van der Waals surface area (Å²) in [5.41, 5.74) is 0.335. The number of halogens is 3. The Morgan fingerprint density at radius 3 is 2.76 bits per heavy atom. The third-order valence-corrected chi connectivity index (χ3v) is 3.88. The Balaban J connectivity index is 1.65. The maximum atomic E-state index is 12.8. The van der Waals surface area contributed by atoms with Crippen molar-refractivity contribution in [3.05, 3.63) is 69.7 Å². The predicted molar refractivity (Wildman–Crippen MR) is 95.0 cm³/mol. The van der Waals surface area contributed by atoms with E-state index in [4.69, 9.17) is 0 Å². The molecule has 152 valence electrons. The molecule has 9 nitrogen and oxygen atoms in total. The van der Waals surface area contributed by atoms with Gasteiger partial charge in [-0.2, -0.15) is 18.3 Å². The molecule has 2 heterocycles. The van der Waals surface area contributed by atoms with E-state index < -0.39 is 22.6 Å². The highest BCUT2D eigenvalue weighted by atomic mass is 19.4. The average molecular weight is 408 g/mol. The van der Waals surface area contributed by atoms with Crippen LogP contribution >= 0.6 is 0 Å². The fourth-order valence-electron chi connectivity index (χ4n) is 2.68. The summed E-state index contributed by atoms with van der Waals surface area (Å²) in [5, 5.41) is 21.4. The number of hydrogen-bond donors (Lipinski definition) is 1. The Morgan fingerprint density at radius 2 is 2.07 bits per heavy atom. The summed E-state index contributed by atoms with van der Waals surface area (Å²) < 4.78 is 40.7. The molecule has 12 heteroatoms. The smallest absolute Gasteiger partial charge is 0.358 e. The van der Waals surface area contributed by atoms with Crippen LogP contribution in [0, 0.1) is 17.0 Å². The lowest BCUT2D eigenvalue weighted by Gasteiger charge is -2.08. The number of rotatable bonds is 6. The van der Waals surface area contributed by atoms with E-state index in [9.17, 15) is 28.1 Å². The van der Waals surface area contributed by atoms with E-state index in [0.29, 0.717) is 16.9 Å². The monoisotopic (exact) mass is 408 g/mol. The second-order valence-electron chi connectivity index (χ2n) is 6.23. The molecule has 0 atom stereocenters. The summed E-state index contributed by atoms with van der Waals surface area (Å²) in [6, 6.07) is 6.10. The second-order valence-corrected chi connectivity index (χ2v) is 6.23. The Labute approximate surface area is 161 Å². The standard InChI is InChI=1S/C17H15F3N6O3/c1-11-5-16(26(28)29)25(23-11)10-15(27)22-14-7-21-24(9-14)8-12-3-2-4-13(6-12)17(18,19)20/h2-7,9H,8,10H2,1H3,(H,22,27). The molecule has 0 unspecified atom stereocenters. The maximum Gasteiger partial charge on any atom is 0.416 e. The number of aromatic nitrogens is 4. The normalized spacial score (nSPS) is 11.4. The largest absolute Gasteiger partial charge is 0.416 e. The fraction of sp³-hybridized carbons (Fsp3) is 0.235. The van der Waals surface area contributed by atoms with Crippen LogP contribution in [0.4, 0.5) is 24.7 Å². The van der Waals surface area contributed by atoms with Gasteiger partial charge in [-0.15, -0.1) is 4.68 Å². The van der Waals surface area contributed by atoms with E-state index in [2.05, 4.69) is 15.5 Å². The van der Waals surface area contributed by atoms with Crippen molar-refractivity contribution in [3.63, 3.8) is 0 Å². The minimum absolute atomic E-state index is 0.0730. The zero-order valence-electron chi connectivity index (χ0n) is 15.1. The van der Waals surface area contributed by atoms with Crippen molar-refractivity contribution in [2.75, 3.05) is 5.32 Å². The number of carbonyl (C=O) groups is 1. The Hall–Kier alpha value is -3.70. The highest BCUT2D eigenvalue weighted by molar-refractivity contribution is 5.90. The summed E-state index contributed by atoms with van der Waals surface area (Å²) in [7, 11) is 0. The number of nitrogens with one attached hydrogen (secondary N) is 1. The van der Waals surface area contributed by atoms with Gasteiger partial charge in [0.1, 0.15) is 0 Å². The van der Waals surface area contributed by atoms with Crippen LogP contribution < -0.4 is 5.32 Å². The van der Waals surface area contributed by atoms with Crippen molar-refractivity contribution < 1.29 is 22.9 Å². The SMILES string of the molecule is Cc1cc([N+](=O)[O-])n(CC(=O)Nc2cnn(Cc3cccc(C(F)(F)F)c3)c2)n1. The van der Waals surface area contributed by atoms with Crippen molar-refractivity contribution in [2.24, 2.45) is 0 Å². The van der Waals surface area contributed by atoms with Crippen LogP contribution in [0.15, 0.2) is 42.7 Å². The number of amides is 1. The van der Waals surface area contributed by atoms with Crippen molar-refractivity contribution in [1.82, 2.24) is 19.6 Å². The van der Waals surface area contributed by atoms with Gasteiger partial charge in [0.15, 0.2) is 6.54 Å². The third-order valence-electron chi connectivity index (χ3n) is 3.88. The highest BCUT2D eigenvalue weighted by Gasteiger charge is 2.30. The molecule has 0 saturated carbocycles. The first-order chi connectivity index (χ1) is 13.6. The first-order valence-corrected chi connectivity index (χ1v) is 8.29. The van der Waals surface area contributed by atoms with Gasteiger partial charge >= 0.3 is 12.0 Å². The van der Waals surface area contributed by atoms with Crippen molar-refractivity contribution in [3.8, 4) is 0 Å². The second kappa shape index (κ2) is 7.73. The van der Waals surface area contributed by atoms with Crippen molar-refractivity contribution in [1.29, 1.82) is 0 Å². The molecule has 3 aromatic rings. The van der Waals surface area contributed by atoms with Gasteiger partial charge in [-0.3, -0.25) is 9.48 Å². The molecule has 1 N–H and O–H groups in total. The lowest BCUT2D eigenvalue weighted by atomic mass is 10.1. The van der Waals surface area contributed by atoms with Crippen LogP contribution in [0.2, 0.25) is 0 Å². The van der Waals surface area contributed by atoms with Gasteiger partial charge in [0.25, 0.3) is 5.91 Å². The number of nitrogens with zero attached hydrogens (tertiary/aromatic N) is 5. The molecule has 0 fully saturated rings. The number of carbonyl (C=O) groups excluding carboxylic acids is 1. The highest BCUT2D eigenvalue weighted by Crippen LogP contribution is 2.29.